The minimum absolute atomic E-state index is 0.0419. The highest BCUT2D eigenvalue weighted by Crippen LogP contribution is 2.55. The minimum Gasteiger partial charge on any atom is -0.379 e. The van der Waals surface area contributed by atoms with Crippen LogP contribution in [-0.4, -0.2) is 22.9 Å². The second kappa shape index (κ2) is 15.2. The smallest absolute Gasteiger partial charge is 0.361 e. The van der Waals surface area contributed by atoms with Gasteiger partial charge in [0, 0.05) is 5.56 Å². The molecule has 0 heterocycles. The van der Waals surface area contributed by atoms with Gasteiger partial charge < -0.3 is 19.5 Å². The molecule has 0 bridgehead atoms. The summed E-state index contributed by atoms with van der Waals surface area (Å²) in [6.45, 7) is -0.0839. The lowest BCUT2D eigenvalue weighted by atomic mass is 10.00. The molecule has 6 aromatic carbocycles. The molecule has 0 saturated heterocycles. The molecule has 1 unspecified atom stereocenters. The zero-order valence-corrected chi connectivity index (χ0v) is 26.7. The van der Waals surface area contributed by atoms with Gasteiger partial charge in [-0.15, -0.1) is 0 Å². The predicted molar refractivity (Wildman–Crippen MR) is 187 cm³/mol. The first-order chi connectivity index (χ1) is 23.0. The fourth-order valence-corrected chi connectivity index (χ4v) is 7.16. The van der Waals surface area contributed by atoms with Crippen LogP contribution >= 0.6 is 7.60 Å². The fourth-order valence-electron chi connectivity index (χ4n) is 5.51. The third-order valence-corrected chi connectivity index (χ3v) is 10.0. The van der Waals surface area contributed by atoms with Gasteiger partial charge in [0.15, 0.2) is 5.85 Å². The van der Waals surface area contributed by atoms with E-state index in [2.05, 4.69) is 5.32 Å². The van der Waals surface area contributed by atoms with Gasteiger partial charge in [0.25, 0.3) is 5.91 Å². The summed E-state index contributed by atoms with van der Waals surface area (Å²) >= 11 is 0. The molecule has 6 nitrogen and oxygen atoms in total. The summed E-state index contributed by atoms with van der Waals surface area (Å²) in [7, 11) is -4.25. The van der Waals surface area contributed by atoms with E-state index in [0.29, 0.717) is 5.56 Å². The molecule has 0 saturated carbocycles. The Kier molecular flexibility index (Phi) is 10.4. The Balaban J connectivity index is 1.32. The van der Waals surface area contributed by atoms with Crippen molar-refractivity contribution < 1.29 is 23.5 Å². The van der Waals surface area contributed by atoms with Crippen LogP contribution < -0.4 is 5.32 Å². The van der Waals surface area contributed by atoms with Crippen molar-refractivity contribution in [3.63, 3.8) is 0 Å². The Morgan fingerprint density at radius 2 is 1.11 bits per heavy atom. The molecule has 2 N–H and O–H groups in total. The van der Waals surface area contributed by atoms with Crippen molar-refractivity contribution >= 4 is 24.3 Å². The maximum absolute atomic E-state index is 14.6. The summed E-state index contributed by atoms with van der Waals surface area (Å²) < 4.78 is 26.6. The first-order valence-corrected chi connectivity index (χ1v) is 17.2. The summed E-state index contributed by atoms with van der Waals surface area (Å²) in [5.74, 6) is -2.08. The largest absolute Gasteiger partial charge is 0.379 e. The van der Waals surface area contributed by atoms with Crippen molar-refractivity contribution in [1.82, 2.24) is 5.32 Å². The van der Waals surface area contributed by atoms with E-state index in [0.717, 1.165) is 38.6 Å². The van der Waals surface area contributed by atoms with Gasteiger partial charge in [0.2, 0.25) is 0 Å². The van der Waals surface area contributed by atoms with Crippen LogP contribution in [0, 0.1) is 0 Å². The highest BCUT2D eigenvalue weighted by molar-refractivity contribution is 7.54. The Bertz CT molecular complexity index is 1900. The number of fused-ring (bicyclic) bond motifs is 1. The lowest BCUT2D eigenvalue weighted by Gasteiger charge is -2.30. The van der Waals surface area contributed by atoms with E-state index < -0.39 is 25.4 Å². The van der Waals surface area contributed by atoms with E-state index in [-0.39, 0.29) is 19.6 Å². The van der Waals surface area contributed by atoms with Gasteiger partial charge in [-0.25, -0.2) is 0 Å². The maximum Gasteiger partial charge on any atom is 0.361 e. The van der Waals surface area contributed by atoms with Gasteiger partial charge in [0.1, 0.15) is 0 Å². The SMILES string of the molecule is O=C(N[C@@H](Cc1ccc(-c2ccccc2)cc1)C(O)P(=O)(OCc1ccccc1)OCc1ccccc1)c1cccc2ccccc12. The van der Waals surface area contributed by atoms with Crippen LogP contribution in [-0.2, 0) is 33.2 Å². The molecule has 0 fully saturated rings. The number of aliphatic hydroxyl groups excluding tert-OH is 1. The minimum atomic E-state index is -4.25. The normalized spacial score (nSPS) is 12.8. The first kappa shape index (κ1) is 32.1. The van der Waals surface area contributed by atoms with Gasteiger partial charge in [-0.1, -0.05) is 152 Å². The summed E-state index contributed by atoms with van der Waals surface area (Å²) in [5, 5.41) is 16.6. The van der Waals surface area contributed by atoms with Crippen molar-refractivity contribution in [3.05, 3.63) is 180 Å². The lowest BCUT2D eigenvalue weighted by molar-refractivity contribution is 0.0846. The average molecular weight is 642 g/mol. The molecule has 236 valence electrons. The summed E-state index contributed by atoms with van der Waals surface area (Å²) in [5.41, 5.74) is 4.95. The monoisotopic (exact) mass is 641 g/mol. The van der Waals surface area contributed by atoms with Crippen LogP contribution in [0.4, 0.5) is 0 Å². The quantitative estimate of drug-likeness (QED) is 0.123. The van der Waals surface area contributed by atoms with E-state index >= 15 is 0 Å². The summed E-state index contributed by atoms with van der Waals surface area (Å²) in [4.78, 5) is 13.9. The van der Waals surface area contributed by atoms with Crippen molar-refractivity contribution in [2.24, 2.45) is 0 Å². The third kappa shape index (κ3) is 8.12. The predicted octanol–water partition coefficient (Wildman–Crippen LogP) is 8.79. The standard InChI is InChI=1S/C40H36NO5P/c42-39(37-22-12-20-35-19-10-11-21-36(35)37)41-38(27-30-23-25-34(26-24-30)33-17-8-3-9-18-33)40(43)47(44,45-28-31-13-4-1-5-14-31)46-29-32-15-6-2-7-16-32/h1-26,38,40,43H,27-29H2,(H,41,42)/t38-,40?/m0/s1. The van der Waals surface area contributed by atoms with E-state index in [1.165, 1.54) is 0 Å². The number of hydrogen-bond acceptors (Lipinski definition) is 5. The van der Waals surface area contributed by atoms with Gasteiger partial charge in [-0.2, -0.15) is 0 Å². The molecule has 0 aliphatic heterocycles. The van der Waals surface area contributed by atoms with Gasteiger partial charge in [-0.05, 0) is 51.1 Å². The molecule has 7 heteroatoms. The maximum atomic E-state index is 14.6. The molecule has 0 spiro atoms. The van der Waals surface area contributed by atoms with Gasteiger partial charge >= 0.3 is 7.60 Å². The Morgan fingerprint density at radius 1 is 0.596 bits per heavy atom. The van der Waals surface area contributed by atoms with Crippen molar-refractivity contribution in [3.8, 4) is 11.1 Å². The highest BCUT2D eigenvalue weighted by Gasteiger charge is 2.41. The van der Waals surface area contributed by atoms with Gasteiger partial charge in [0.05, 0.1) is 19.3 Å². The number of rotatable bonds is 13. The number of carbonyl (C=O) groups excluding carboxylic acids is 1. The average Bonchev–Trinajstić information content (AvgIpc) is 3.14. The van der Waals surface area contributed by atoms with Crippen LogP contribution in [0.3, 0.4) is 0 Å². The molecule has 0 aromatic heterocycles. The number of amides is 1. The molecular weight excluding hydrogens is 605 g/mol. The molecule has 0 aliphatic rings. The van der Waals surface area contributed by atoms with Crippen LogP contribution in [0.2, 0.25) is 0 Å². The molecule has 1 amide bonds. The molecule has 47 heavy (non-hydrogen) atoms. The lowest BCUT2D eigenvalue weighted by Crippen LogP contribution is -2.45. The number of benzene rings is 6. The second-order valence-corrected chi connectivity index (χ2v) is 13.5. The number of hydrogen-bond donors (Lipinski definition) is 2. The number of nitrogens with one attached hydrogen (secondary N) is 1. The van der Waals surface area contributed by atoms with Crippen LogP contribution in [0.15, 0.2) is 158 Å². The Hall–Kier alpha value is -4.84. The van der Waals surface area contributed by atoms with Crippen LogP contribution in [0.5, 0.6) is 0 Å². The van der Waals surface area contributed by atoms with Crippen molar-refractivity contribution in [2.75, 3.05) is 0 Å². The molecule has 0 aliphatic carbocycles. The van der Waals surface area contributed by atoms with E-state index in [4.69, 9.17) is 9.05 Å². The van der Waals surface area contributed by atoms with Crippen molar-refractivity contribution in [1.29, 1.82) is 0 Å². The first-order valence-electron chi connectivity index (χ1n) is 15.6. The summed E-state index contributed by atoms with van der Waals surface area (Å²) in [6.07, 6.45) is 0.181. The van der Waals surface area contributed by atoms with Crippen molar-refractivity contribution in [2.45, 2.75) is 31.5 Å². The number of aliphatic hydroxyl groups is 1. The molecular formula is C40H36NO5P. The van der Waals surface area contributed by atoms with E-state index in [1.807, 2.05) is 152 Å². The topological polar surface area (TPSA) is 84.9 Å². The highest BCUT2D eigenvalue weighted by atomic mass is 31.2. The fraction of sp³-hybridized carbons (Fsp3) is 0.125. The van der Waals surface area contributed by atoms with Gasteiger partial charge in [-0.3, -0.25) is 9.36 Å². The summed E-state index contributed by atoms with van der Waals surface area (Å²) in [6, 6.07) is 48.6. The zero-order chi connectivity index (χ0) is 32.5. The Morgan fingerprint density at radius 3 is 1.72 bits per heavy atom. The van der Waals surface area contributed by atoms with Crippen LogP contribution in [0.25, 0.3) is 21.9 Å². The Labute approximate surface area is 275 Å². The third-order valence-electron chi connectivity index (χ3n) is 8.06. The molecule has 6 rings (SSSR count). The molecule has 0 radical (unpaired) electrons. The van der Waals surface area contributed by atoms with E-state index in [1.54, 1.807) is 6.07 Å². The zero-order valence-electron chi connectivity index (χ0n) is 25.8. The second-order valence-electron chi connectivity index (χ2n) is 11.3. The molecule has 2 atom stereocenters. The van der Waals surface area contributed by atoms with Crippen LogP contribution in [0.1, 0.15) is 27.0 Å². The molecule has 6 aromatic rings. The number of carbonyl (C=O) groups is 1. The van der Waals surface area contributed by atoms with E-state index in [9.17, 15) is 14.5 Å².